The zero-order chi connectivity index (χ0) is 19.4. The van der Waals surface area contributed by atoms with E-state index in [2.05, 4.69) is 0 Å². The lowest BCUT2D eigenvalue weighted by Gasteiger charge is -2.11. The van der Waals surface area contributed by atoms with Gasteiger partial charge in [0.15, 0.2) is 11.5 Å². The maximum atomic E-state index is 12.4. The van der Waals surface area contributed by atoms with Crippen molar-refractivity contribution in [2.24, 2.45) is 0 Å². The Morgan fingerprint density at radius 3 is 2.67 bits per heavy atom. The van der Waals surface area contributed by atoms with E-state index >= 15 is 0 Å². The molecule has 7 heteroatoms. The number of carbonyl (C=O) groups is 1. The molecule has 0 amide bonds. The third kappa shape index (κ3) is 4.03. The van der Waals surface area contributed by atoms with Crippen LogP contribution in [0, 0.1) is 0 Å². The van der Waals surface area contributed by atoms with Gasteiger partial charge in [0.1, 0.15) is 17.9 Å². The second-order valence-corrected chi connectivity index (χ2v) is 5.65. The number of fused-ring (bicyclic) bond motifs is 1. The van der Waals surface area contributed by atoms with Crippen molar-refractivity contribution < 1.29 is 28.5 Å². The highest BCUT2D eigenvalue weighted by atomic mass is 16.5. The van der Waals surface area contributed by atoms with Gasteiger partial charge in [0.25, 0.3) is 0 Å². The highest BCUT2D eigenvalue weighted by Gasteiger charge is 2.14. The molecule has 0 atom stereocenters. The maximum absolute atomic E-state index is 12.4. The summed E-state index contributed by atoms with van der Waals surface area (Å²) in [5.41, 5.74) is 0.394. The minimum Gasteiger partial charge on any atom is -0.508 e. The number of aromatic hydroxyl groups is 1. The Kier molecular flexibility index (Phi) is 5.30. The van der Waals surface area contributed by atoms with Crippen molar-refractivity contribution in [1.82, 2.24) is 0 Å². The molecule has 0 saturated carbocycles. The quantitative estimate of drug-likeness (QED) is 0.525. The molecule has 1 N–H and O–H groups in total. The molecule has 0 radical (unpaired) electrons. The first-order valence-corrected chi connectivity index (χ1v) is 8.25. The van der Waals surface area contributed by atoms with Crippen molar-refractivity contribution in [3.8, 4) is 17.2 Å². The van der Waals surface area contributed by atoms with Crippen molar-refractivity contribution in [1.29, 1.82) is 0 Å². The van der Waals surface area contributed by atoms with Crippen LogP contribution in [0.4, 0.5) is 0 Å². The summed E-state index contributed by atoms with van der Waals surface area (Å²) in [6.07, 6.45) is 0. The van der Waals surface area contributed by atoms with Crippen LogP contribution in [0.25, 0.3) is 11.0 Å². The fourth-order valence-electron chi connectivity index (χ4n) is 2.63. The van der Waals surface area contributed by atoms with Gasteiger partial charge in [-0.15, -0.1) is 0 Å². The number of phenolic OH excluding ortho intramolecular Hbond substituents is 1. The van der Waals surface area contributed by atoms with Gasteiger partial charge in [-0.05, 0) is 37.3 Å². The molecular weight excluding hydrogens is 352 g/mol. The molecule has 3 rings (SSSR count). The fraction of sp³-hybridized carbons (Fsp3) is 0.200. The van der Waals surface area contributed by atoms with E-state index < -0.39 is 11.6 Å². The lowest BCUT2D eigenvalue weighted by Crippen LogP contribution is -2.08. The Balaban J connectivity index is 1.82. The molecule has 0 aliphatic rings. The molecule has 7 nitrogen and oxygen atoms in total. The molecule has 0 saturated heterocycles. The Hall–Kier alpha value is -3.48. The smallest absolute Gasteiger partial charge is 0.338 e. The Bertz CT molecular complexity index is 1040. The molecule has 0 aliphatic carbocycles. The van der Waals surface area contributed by atoms with Crippen LogP contribution < -0.4 is 15.1 Å². The molecule has 27 heavy (non-hydrogen) atoms. The van der Waals surface area contributed by atoms with Crippen LogP contribution in [-0.2, 0) is 11.3 Å². The molecule has 0 fully saturated rings. The van der Waals surface area contributed by atoms with Crippen LogP contribution >= 0.6 is 0 Å². The van der Waals surface area contributed by atoms with Gasteiger partial charge in [0, 0.05) is 23.1 Å². The third-order valence-corrected chi connectivity index (χ3v) is 3.87. The van der Waals surface area contributed by atoms with Crippen LogP contribution in [0.5, 0.6) is 17.2 Å². The minimum atomic E-state index is -0.595. The molecule has 2 aromatic carbocycles. The first kappa shape index (κ1) is 18.3. The average molecular weight is 370 g/mol. The average Bonchev–Trinajstić information content (AvgIpc) is 2.65. The standard InChI is InChI=1S/C20H18O7/c1-3-25-16-7-4-12(8-18(16)24-2)20(23)26-11-13-9-19(22)27-17-10-14(21)5-6-15(13)17/h4-10,21H,3,11H2,1-2H3. The van der Waals surface area contributed by atoms with Crippen LogP contribution in [0.2, 0.25) is 0 Å². The van der Waals surface area contributed by atoms with Crippen molar-refractivity contribution in [2.75, 3.05) is 13.7 Å². The van der Waals surface area contributed by atoms with Gasteiger partial charge in [-0.3, -0.25) is 0 Å². The van der Waals surface area contributed by atoms with Crippen LogP contribution in [0.15, 0.2) is 51.7 Å². The summed E-state index contributed by atoms with van der Waals surface area (Å²) in [5.74, 6) is 0.355. The van der Waals surface area contributed by atoms with Gasteiger partial charge in [-0.25, -0.2) is 9.59 Å². The molecule has 0 spiro atoms. The van der Waals surface area contributed by atoms with Gasteiger partial charge in [0.05, 0.1) is 19.3 Å². The lowest BCUT2D eigenvalue weighted by atomic mass is 10.1. The Morgan fingerprint density at radius 1 is 1.11 bits per heavy atom. The predicted molar refractivity (Wildman–Crippen MR) is 97.4 cm³/mol. The van der Waals surface area contributed by atoms with Crippen LogP contribution in [0.1, 0.15) is 22.8 Å². The number of benzene rings is 2. The summed E-state index contributed by atoms with van der Waals surface area (Å²) >= 11 is 0. The molecule has 1 heterocycles. The van der Waals surface area contributed by atoms with Crippen LogP contribution in [0.3, 0.4) is 0 Å². The van der Waals surface area contributed by atoms with Gasteiger partial charge in [0.2, 0.25) is 0 Å². The molecule has 0 aliphatic heterocycles. The number of methoxy groups -OCH3 is 1. The molecule has 140 valence electrons. The van der Waals surface area contributed by atoms with E-state index in [4.69, 9.17) is 18.6 Å². The van der Waals surface area contributed by atoms with E-state index in [9.17, 15) is 14.7 Å². The Morgan fingerprint density at radius 2 is 1.93 bits per heavy atom. The van der Waals surface area contributed by atoms with E-state index in [-0.39, 0.29) is 17.9 Å². The summed E-state index contributed by atoms with van der Waals surface area (Å²) in [6, 6.07) is 10.4. The van der Waals surface area contributed by atoms with E-state index in [1.54, 1.807) is 18.2 Å². The van der Waals surface area contributed by atoms with Crippen molar-refractivity contribution in [3.05, 3.63) is 64.0 Å². The van der Waals surface area contributed by atoms with Gasteiger partial charge < -0.3 is 23.7 Å². The van der Waals surface area contributed by atoms with Crippen molar-refractivity contribution in [3.63, 3.8) is 0 Å². The number of hydrogen-bond acceptors (Lipinski definition) is 7. The van der Waals surface area contributed by atoms with Gasteiger partial charge in [-0.2, -0.15) is 0 Å². The Labute approximate surface area is 154 Å². The summed E-state index contributed by atoms with van der Waals surface area (Å²) in [6.45, 7) is 2.20. The van der Waals surface area contributed by atoms with E-state index in [1.165, 1.54) is 31.4 Å². The second-order valence-electron chi connectivity index (χ2n) is 5.65. The maximum Gasteiger partial charge on any atom is 0.338 e. The SMILES string of the molecule is CCOc1ccc(C(=O)OCc2cc(=O)oc3cc(O)ccc23)cc1OC. The molecule has 0 unspecified atom stereocenters. The van der Waals surface area contributed by atoms with E-state index in [1.807, 2.05) is 6.92 Å². The molecule has 3 aromatic rings. The topological polar surface area (TPSA) is 95.2 Å². The molecule has 1 aromatic heterocycles. The summed E-state index contributed by atoms with van der Waals surface area (Å²) < 4.78 is 21.0. The monoisotopic (exact) mass is 370 g/mol. The van der Waals surface area contributed by atoms with Crippen molar-refractivity contribution in [2.45, 2.75) is 13.5 Å². The normalized spacial score (nSPS) is 10.6. The van der Waals surface area contributed by atoms with E-state index in [0.29, 0.717) is 34.6 Å². The van der Waals surface area contributed by atoms with Gasteiger partial charge >= 0.3 is 11.6 Å². The number of rotatable bonds is 6. The third-order valence-electron chi connectivity index (χ3n) is 3.87. The first-order valence-electron chi connectivity index (χ1n) is 8.25. The van der Waals surface area contributed by atoms with Crippen LogP contribution in [-0.4, -0.2) is 24.8 Å². The second kappa shape index (κ2) is 7.82. The minimum absolute atomic E-state index is 0.0266. The largest absolute Gasteiger partial charge is 0.508 e. The molecular formula is C20H18O7. The zero-order valence-corrected chi connectivity index (χ0v) is 14.9. The first-order chi connectivity index (χ1) is 13.0. The summed E-state index contributed by atoms with van der Waals surface area (Å²) in [5, 5.41) is 10.1. The van der Waals surface area contributed by atoms with Crippen molar-refractivity contribution >= 4 is 16.9 Å². The summed E-state index contributed by atoms with van der Waals surface area (Å²) in [7, 11) is 1.48. The number of ether oxygens (including phenoxy) is 3. The molecule has 0 bridgehead atoms. The number of carbonyl (C=O) groups excluding carboxylic acids is 1. The number of esters is 1. The summed E-state index contributed by atoms with van der Waals surface area (Å²) in [4.78, 5) is 24.1. The number of hydrogen-bond donors (Lipinski definition) is 1. The van der Waals surface area contributed by atoms with Gasteiger partial charge in [-0.1, -0.05) is 0 Å². The highest BCUT2D eigenvalue weighted by Crippen LogP contribution is 2.28. The fourth-order valence-corrected chi connectivity index (χ4v) is 2.63. The number of phenols is 1. The zero-order valence-electron chi connectivity index (χ0n) is 14.9. The lowest BCUT2D eigenvalue weighted by molar-refractivity contribution is 0.0473. The predicted octanol–water partition coefficient (Wildman–Crippen LogP) is 3.26. The van der Waals surface area contributed by atoms with E-state index in [0.717, 1.165) is 0 Å². The highest BCUT2D eigenvalue weighted by molar-refractivity contribution is 5.90.